The number of sulfonamides is 1. The first-order valence-electron chi connectivity index (χ1n) is 9.72. The molecule has 1 saturated heterocycles. The summed E-state index contributed by atoms with van der Waals surface area (Å²) in [7, 11) is -3.59. The zero-order chi connectivity index (χ0) is 20.2. The molecule has 27 heavy (non-hydrogen) atoms. The fourth-order valence-corrected chi connectivity index (χ4v) is 9.40. The van der Waals surface area contributed by atoms with Gasteiger partial charge in [0.25, 0.3) is 5.91 Å². The molecule has 0 aromatic carbocycles. The van der Waals surface area contributed by atoms with Crippen molar-refractivity contribution in [1.82, 2.24) is 4.31 Å². The van der Waals surface area contributed by atoms with E-state index in [1.807, 2.05) is 26.4 Å². The minimum Gasteiger partial charge on any atom is -0.271 e. The van der Waals surface area contributed by atoms with E-state index in [9.17, 15) is 13.2 Å². The van der Waals surface area contributed by atoms with Crippen molar-refractivity contribution in [2.75, 3.05) is 18.3 Å². The molecule has 0 unspecified atom stereocenters. The van der Waals surface area contributed by atoms with E-state index in [1.54, 1.807) is 0 Å². The molecule has 1 spiro atoms. The molecular formula is C19H32N2O3S3. The van der Waals surface area contributed by atoms with E-state index in [-0.39, 0.29) is 34.4 Å². The molecule has 0 aromatic rings. The van der Waals surface area contributed by atoms with Gasteiger partial charge in [-0.2, -0.15) is 0 Å². The summed E-state index contributed by atoms with van der Waals surface area (Å²) < 4.78 is 28.4. The van der Waals surface area contributed by atoms with Crippen molar-refractivity contribution in [2.45, 2.75) is 65.5 Å². The number of nitrogens with zero attached hydrogens (tertiary/aromatic N) is 2. The average molecular weight is 436 g/mol. The third-order valence-corrected chi connectivity index (χ3v) is 11.0. The highest BCUT2D eigenvalue weighted by Gasteiger charge is 2.72. The second kappa shape index (κ2) is 7.24. The van der Waals surface area contributed by atoms with Crippen LogP contribution in [0.1, 0.15) is 53.4 Å². The quantitative estimate of drug-likeness (QED) is 0.290. The minimum absolute atomic E-state index is 0.0275. The lowest BCUT2D eigenvalue weighted by molar-refractivity contribution is -0.130. The summed E-state index contributed by atoms with van der Waals surface area (Å²) in [5.41, 5.74) is -0.305. The molecule has 3 aliphatic rings. The van der Waals surface area contributed by atoms with Gasteiger partial charge in [-0.1, -0.05) is 27.7 Å². The highest BCUT2D eigenvalue weighted by molar-refractivity contribution is 8.38. The van der Waals surface area contributed by atoms with Gasteiger partial charge >= 0.3 is 0 Å². The van der Waals surface area contributed by atoms with Gasteiger partial charge in [-0.3, -0.25) is 9.79 Å². The molecule has 2 aliphatic carbocycles. The van der Waals surface area contributed by atoms with Crippen LogP contribution < -0.4 is 0 Å². The van der Waals surface area contributed by atoms with Crippen LogP contribution in [0, 0.1) is 22.7 Å². The molecule has 5 nitrogen and oxygen atoms in total. The van der Waals surface area contributed by atoms with Crippen LogP contribution in [0.3, 0.4) is 0 Å². The highest BCUT2D eigenvalue weighted by Crippen LogP contribution is 2.70. The van der Waals surface area contributed by atoms with Crippen molar-refractivity contribution in [3.8, 4) is 0 Å². The van der Waals surface area contributed by atoms with Crippen LogP contribution in [0.15, 0.2) is 4.99 Å². The van der Waals surface area contributed by atoms with Gasteiger partial charge in [0.1, 0.15) is 10.4 Å². The molecule has 4 atom stereocenters. The van der Waals surface area contributed by atoms with Gasteiger partial charge in [-0.15, -0.1) is 23.5 Å². The number of hydrogen-bond donors (Lipinski definition) is 0. The summed E-state index contributed by atoms with van der Waals surface area (Å²) in [5.74, 6) is 0.585. The Morgan fingerprint density at radius 1 is 1.26 bits per heavy atom. The number of thioether (sulfide) groups is 2. The largest absolute Gasteiger partial charge is 0.271 e. The number of fused-ring (bicyclic) bond motifs is 1. The first kappa shape index (κ1) is 21.5. The fraction of sp³-hybridized carbons (Fsp3) is 0.895. The van der Waals surface area contributed by atoms with E-state index in [1.165, 1.54) is 27.8 Å². The molecule has 2 saturated carbocycles. The predicted molar refractivity (Wildman–Crippen MR) is 116 cm³/mol. The molecule has 2 bridgehead atoms. The summed E-state index contributed by atoms with van der Waals surface area (Å²) in [6.07, 6.45) is 7.25. The molecule has 154 valence electrons. The monoisotopic (exact) mass is 435 g/mol. The second-order valence-corrected chi connectivity index (χ2v) is 12.9. The summed E-state index contributed by atoms with van der Waals surface area (Å²) in [6, 6.07) is -0.798. The molecule has 8 heteroatoms. The van der Waals surface area contributed by atoms with Crippen molar-refractivity contribution in [1.29, 1.82) is 0 Å². The molecule has 3 fully saturated rings. The van der Waals surface area contributed by atoms with E-state index < -0.39 is 16.1 Å². The predicted octanol–water partition coefficient (Wildman–Crippen LogP) is 3.85. The van der Waals surface area contributed by atoms with Gasteiger partial charge in [-0.25, -0.2) is 12.7 Å². The smallest absolute Gasteiger partial charge is 0.261 e. The van der Waals surface area contributed by atoms with E-state index in [0.29, 0.717) is 12.3 Å². The van der Waals surface area contributed by atoms with E-state index >= 15 is 0 Å². The van der Waals surface area contributed by atoms with Crippen LogP contribution in [-0.4, -0.2) is 53.4 Å². The maximum Gasteiger partial charge on any atom is 0.261 e. The van der Waals surface area contributed by atoms with Crippen LogP contribution in [0.4, 0.5) is 0 Å². The number of aliphatic imine (C=N–C) groups is 1. The number of hydrogen-bond acceptors (Lipinski definition) is 6. The zero-order valence-electron chi connectivity index (χ0n) is 17.2. The Bertz CT molecular complexity index is 741. The maximum absolute atomic E-state index is 13.5. The lowest BCUT2D eigenvalue weighted by Gasteiger charge is -2.37. The van der Waals surface area contributed by atoms with Gasteiger partial charge in [-0.05, 0) is 55.4 Å². The van der Waals surface area contributed by atoms with Gasteiger partial charge in [0.15, 0.2) is 0 Å². The van der Waals surface area contributed by atoms with Crippen molar-refractivity contribution in [2.24, 2.45) is 27.7 Å². The molecule has 1 heterocycles. The lowest BCUT2D eigenvalue weighted by Crippen LogP contribution is -2.47. The summed E-state index contributed by atoms with van der Waals surface area (Å²) in [4.78, 5) is 18.2. The van der Waals surface area contributed by atoms with E-state index in [4.69, 9.17) is 0 Å². The summed E-state index contributed by atoms with van der Waals surface area (Å²) in [6.45, 7) is 8.51. The SMILES string of the molecule is CSC(=[15N][13C@@H](CC(C)C)[13C](=O)N1[C@@H]2C[C@H]3CC[C@]2(CS1(=O)=O)C3(C)C)SC. The van der Waals surface area contributed by atoms with E-state index in [0.717, 1.165) is 23.6 Å². The van der Waals surface area contributed by atoms with E-state index in [2.05, 4.69) is 18.8 Å². The fourth-order valence-electron chi connectivity index (χ4n) is 5.70. The van der Waals surface area contributed by atoms with Gasteiger partial charge < -0.3 is 0 Å². The molecular weight excluding hydrogens is 403 g/mol. The Morgan fingerprint density at radius 2 is 1.89 bits per heavy atom. The van der Waals surface area contributed by atoms with Crippen molar-refractivity contribution >= 4 is 43.8 Å². The summed E-state index contributed by atoms with van der Waals surface area (Å²) in [5, 5.41) is 0. The normalized spacial score (nSPS) is 34.0. The average Bonchev–Trinajstić information content (AvgIpc) is 3.05. The number of carbonyl (C=O) groups excluding carboxylic acids is 1. The first-order valence-corrected chi connectivity index (χ1v) is 13.8. The first-order chi connectivity index (χ1) is 12.5. The Kier molecular flexibility index (Phi) is 5.76. The Balaban J connectivity index is 1.98. The Hall–Kier alpha value is -0.210. The molecule has 0 radical (unpaired) electrons. The molecule has 3 rings (SSSR count). The van der Waals surface area contributed by atoms with Crippen molar-refractivity contribution < 1.29 is 13.2 Å². The van der Waals surface area contributed by atoms with Crippen LogP contribution in [0.2, 0.25) is 0 Å². The van der Waals surface area contributed by atoms with Crippen molar-refractivity contribution in [3.05, 3.63) is 0 Å². The minimum atomic E-state index is -3.59. The number of carbonyl (C=O) groups is 1. The lowest BCUT2D eigenvalue weighted by atomic mass is 9.69. The van der Waals surface area contributed by atoms with Crippen LogP contribution in [0.5, 0.6) is 0 Å². The number of rotatable bonds is 4. The highest BCUT2D eigenvalue weighted by atomic mass is 32.2. The second-order valence-electron chi connectivity index (χ2n) is 9.20. The third-order valence-electron chi connectivity index (χ3n) is 7.22. The summed E-state index contributed by atoms with van der Waals surface area (Å²) >= 11 is 3.02. The Labute approximate surface area is 172 Å². The molecule has 1 amide bonds. The standard InChI is InChI=1S/C19H32N2O3S3/c1-12(2)9-14(20-17(25-5)26-6)16(22)21-15-10-13-7-8-19(15,18(13,3)4)11-27(21,23)24/h12-15H,7-11H2,1-6H3/t13-,14+,15-,19-/m1/s1/i14+1,16+1,20+1. The van der Waals surface area contributed by atoms with Crippen LogP contribution >= 0.6 is 23.5 Å². The van der Waals surface area contributed by atoms with Crippen LogP contribution in [-0.2, 0) is 14.8 Å². The maximum atomic E-state index is 13.5. The van der Waals surface area contributed by atoms with Crippen molar-refractivity contribution in [3.63, 3.8) is 0 Å². The van der Waals surface area contributed by atoms with Crippen LogP contribution in [0.25, 0.3) is 0 Å². The molecule has 0 aromatic heterocycles. The van der Waals surface area contributed by atoms with Gasteiger partial charge in [0.2, 0.25) is 10.0 Å². The molecule has 1 aliphatic heterocycles. The van der Waals surface area contributed by atoms with Gasteiger partial charge in [0, 0.05) is 5.41 Å². The zero-order valence-corrected chi connectivity index (χ0v) is 19.6. The van der Waals surface area contributed by atoms with Gasteiger partial charge in [0.05, 0.1) is 11.8 Å². The topological polar surface area (TPSA) is 66.8 Å². The third kappa shape index (κ3) is 3.27. The molecule has 0 N–H and O–H groups in total. The number of amides is 1. The Morgan fingerprint density at radius 3 is 2.41 bits per heavy atom.